The standard InChI is InChI=1S/C36H41N/c1-24(2)21-22-37-31-20-19-28-14-10-12-16-30(28)34(31)36(7,8)32(37)23-26(4)35(5,6)33-25(3)17-18-27-13-9-11-15-29(27)33/h9-20,23-24H,4,21-22H2,1-3,5-8H3/b32-23+. The molecule has 190 valence electrons. The van der Waals surface area contributed by atoms with Gasteiger partial charge >= 0.3 is 0 Å². The number of hydrogen-bond acceptors (Lipinski definition) is 1. The first-order valence-electron chi connectivity index (χ1n) is 13.7. The summed E-state index contributed by atoms with van der Waals surface area (Å²) in [6.07, 6.45) is 3.56. The number of nitrogens with zero attached hydrogens (tertiary/aromatic N) is 1. The van der Waals surface area contributed by atoms with E-state index in [9.17, 15) is 0 Å². The Labute approximate surface area is 223 Å². The van der Waals surface area contributed by atoms with Crippen molar-refractivity contribution in [2.24, 2.45) is 5.92 Å². The van der Waals surface area contributed by atoms with E-state index in [2.05, 4.69) is 132 Å². The number of hydrogen-bond donors (Lipinski definition) is 0. The van der Waals surface area contributed by atoms with E-state index in [1.165, 1.54) is 49.6 Å². The maximum atomic E-state index is 4.73. The third-order valence-corrected chi connectivity index (χ3v) is 8.56. The van der Waals surface area contributed by atoms with Gasteiger partial charge in [0, 0.05) is 28.8 Å². The van der Waals surface area contributed by atoms with Gasteiger partial charge in [-0.1, -0.05) is 115 Å². The molecule has 5 rings (SSSR count). The van der Waals surface area contributed by atoms with Crippen molar-refractivity contribution in [3.05, 3.63) is 113 Å². The maximum absolute atomic E-state index is 4.73. The lowest BCUT2D eigenvalue weighted by atomic mass is 9.73. The van der Waals surface area contributed by atoms with Gasteiger partial charge in [0.1, 0.15) is 0 Å². The molecule has 0 bridgehead atoms. The van der Waals surface area contributed by atoms with E-state index in [0.29, 0.717) is 5.92 Å². The summed E-state index contributed by atoms with van der Waals surface area (Å²) >= 11 is 0. The van der Waals surface area contributed by atoms with E-state index in [4.69, 9.17) is 6.58 Å². The van der Waals surface area contributed by atoms with Crippen LogP contribution in [0.5, 0.6) is 0 Å². The van der Waals surface area contributed by atoms with E-state index in [1.807, 2.05) is 0 Å². The highest BCUT2D eigenvalue weighted by Crippen LogP contribution is 2.52. The van der Waals surface area contributed by atoms with Crippen molar-refractivity contribution in [1.82, 2.24) is 0 Å². The summed E-state index contributed by atoms with van der Waals surface area (Å²) in [5.41, 5.74) is 7.65. The van der Waals surface area contributed by atoms with Gasteiger partial charge in [-0.15, -0.1) is 0 Å². The van der Waals surface area contributed by atoms with Gasteiger partial charge in [-0.25, -0.2) is 0 Å². The lowest BCUT2D eigenvalue weighted by Gasteiger charge is -2.33. The van der Waals surface area contributed by atoms with E-state index in [-0.39, 0.29) is 10.8 Å². The topological polar surface area (TPSA) is 3.24 Å². The first-order valence-corrected chi connectivity index (χ1v) is 13.7. The molecule has 1 heterocycles. The van der Waals surface area contributed by atoms with E-state index in [0.717, 1.165) is 18.5 Å². The van der Waals surface area contributed by atoms with Crippen LogP contribution in [0.2, 0.25) is 0 Å². The quantitative estimate of drug-likeness (QED) is 0.261. The van der Waals surface area contributed by atoms with Crippen LogP contribution in [-0.2, 0) is 10.8 Å². The highest BCUT2D eigenvalue weighted by molar-refractivity contribution is 5.95. The van der Waals surface area contributed by atoms with Gasteiger partial charge in [-0.05, 0) is 75.2 Å². The number of rotatable bonds is 6. The van der Waals surface area contributed by atoms with Crippen LogP contribution >= 0.6 is 0 Å². The molecule has 1 aliphatic rings. The van der Waals surface area contributed by atoms with Crippen LogP contribution in [-0.4, -0.2) is 6.54 Å². The molecule has 37 heavy (non-hydrogen) atoms. The summed E-state index contributed by atoms with van der Waals surface area (Å²) in [5, 5.41) is 5.28. The van der Waals surface area contributed by atoms with Crippen molar-refractivity contribution >= 4 is 27.2 Å². The summed E-state index contributed by atoms with van der Waals surface area (Å²) in [7, 11) is 0. The van der Waals surface area contributed by atoms with Crippen molar-refractivity contribution in [1.29, 1.82) is 0 Å². The Balaban J connectivity index is 1.67. The normalized spacial score (nSPS) is 16.2. The molecule has 0 spiro atoms. The average Bonchev–Trinajstić information content (AvgIpc) is 3.08. The summed E-state index contributed by atoms with van der Waals surface area (Å²) in [4.78, 5) is 2.58. The predicted molar refractivity (Wildman–Crippen MR) is 163 cm³/mol. The predicted octanol–water partition coefficient (Wildman–Crippen LogP) is 9.86. The van der Waals surface area contributed by atoms with Crippen molar-refractivity contribution in [3.63, 3.8) is 0 Å². The fourth-order valence-corrected chi connectivity index (χ4v) is 6.34. The van der Waals surface area contributed by atoms with Crippen LogP contribution in [0.15, 0.2) is 96.7 Å². The Morgan fingerprint density at radius 3 is 2.16 bits per heavy atom. The molecule has 0 fully saturated rings. The Hall–Kier alpha value is -3.32. The molecule has 0 N–H and O–H groups in total. The molecule has 4 aromatic rings. The van der Waals surface area contributed by atoms with Gasteiger partial charge in [0.05, 0.1) is 0 Å². The number of fused-ring (bicyclic) bond motifs is 4. The van der Waals surface area contributed by atoms with Gasteiger partial charge in [-0.2, -0.15) is 0 Å². The van der Waals surface area contributed by atoms with Crippen molar-refractivity contribution in [2.75, 3.05) is 11.4 Å². The van der Waals surface area contributed by atoms with Gasteiger partial charge < -0.3 is 4.90 Å². The largest absolute Gasteiger partial charge is 0.344 e. The average molecular weight is 488 g/mol. The minimum Gasteiger partial charge on any atom is -0.344 e. The number of aryl methyl sites for hydroxylation is 1. The van der Waals surface area contributed by atoms with Crippen LogP contribution < -0.4 is 4.90 Å². The highest BCUT2D eigenvalue weighted by Gasteiger charge is 2.42. The van der Waals surface area contributed by atoms with Crippen LogP contribution in [0.25, 0.3) is 21.5 Å². The van der Waals surface area contributed by atoms with Gasteiger partial charge in [0.15, 0.2) is 0 Å². The minimum atomic E-state index is -0.214. The minimum absolute atomic E-state index is 0.125. The van der Waals surface area contributed by atoms with E-state index in [1.54, 1.807) is 0 Å². The molecule has 0 saturated heterocycles. The molecule has 0 aromatic heterocycles. The molecule has 4 aromatic carbocycles. The third kappa shape index (κ3) is 4.19. The second-order valence-corrected chi connectivity index (χ2v) is 12.3. The van der Waals surface area contributed by atoms with Gasteiger partial charge in [0.25, 0.3) is 0 Å². The molecule has 0 saturated carbocycles. The Bertz CT molecular complexity index is 1530. The van der Waals surface area contributed by atoms with Gasteiger partial charge in [0.2, 0.25) is 0 Å². The van der Waals surface area contributed by atoms with E-state index < -0.39 is 0 Å². The molecular formula is C36H41N. The van der Waals surface area contributed by atoms with Gasteiger partial charge in [-0.3, -0.25) is 0 Å². The van der Waals surface area contributed by atoms with Crippen LogP contribution in [0, 0.1) is 12.8 Å². The zero-order chi connectivity index (χ0) is 26.5. The lowest BCUT2D eigenvalue weighted by molar-refractivity contribution is 0.567. The summed E-state index contributed by atoms with van der Waals surface area (Å²) < 4.78 is 0. The Morgan fingerprint density at radius 1 is 0.892 bits per heavy atom. The summed E-state index contributed by atoms with van der Waals surface area (Å²) in [5.74, 6) is 0.645. The van der Waals surface area contributed by atoms with Crippen LogP contribution in [0.3, 0.4) is 0 Å². The fourth-order valence-electron chi connectivity index (χ4n) is 6.34. The Morgan fingerprint density at radius 2 is 1.49 bits per heavy atom. The third-order valence-electron chi connectivity index (χ3n) is 8.56. The molecule has 0 amide bonds. The maximum Gasteiger partial charge on any atom is 0.0457 e. The first-order chi connectivity index (χ1) is 17.5. The summed E-state index contributed by atoms with van der Waals surface area (Å²) in [6, 6.07) is 26.7. The molecule has 0 unspecified atom stereocenters. The highest BCUT2D eigenvalue weighted by atomic mass is 15.2. The molecule has 0 atom stereocenters. The zero-order valence-electron chi connectivity index (χ0n) is 23.7. The van der Waals surface area contributed by atoms with Crippen molar-refractivity contribution < 1.29 is 0 Å². The monoisotopic (exact) mass is 487 g/mol. The van der Waals surface area contributed by atoms with Crippen molar-refractivity contribution in [2.45, 2.75) is 65.7 Å². The lowest BCUT2D eigenvalue weighted by Crippen LogP contribution is -2.29. The first kappa shape index (κ1) is 25.3. The molecule has 0 aliphatic carbocycles. The van der Waals surface area contributed by atoms with Crippen LogP contribution in [0.4, 0.5) is 5.69 Å². The number of anilines is 1. The second kappa shape index (κ2) is 9.21. The number of benzene rings is 4. The fraction of sp³-hybridized carbons (Fsp3) is 0.333. The molecule has 1 aliphatic heterocycles. The molecular weight excluding hydrogens is 446 g/mol. The summed E-state index contributed by atoms with van der Waals surface area (Å²) in [6.45, 7) is 22.1. The van der Waals surface area contributed by atoms with Crippen molar-refractivity contribution in [3.8, 4) is 0 Å². The molecule has 1 heteroatoms. The smallest absolute Gasteiger partial charge is 0.0457 e. The molecule has 0 radical (unpaired) electrons. The zero-order valence-corrected chi connectivity index (χ0v) is 23.7. The second-order valence-electron chi connectivity index (χ2n) is 12.3. The SMILES string of the molecule is C=C(/C=C1/N(CCC(C)C)c2ccc3ccccc3c2C1(C)C)C(C)(C)c1c(C)ccc2ccccc12. The Kier molecular flexibility index (Phi) is 6.31. The van der Waals surface area contributed by atoms with E-state index >= 15 is 0 Å². The molecule has 1 nitrogen and oxygen atoms in total. The van der Waals surface area contributed by atoms with Crippen LogP contribution in [0.1, 0.15) is 64.7 Å². The number of allylic oxidation sites excluding steroid dienone is 3.